The molecule has 4 heteroatoms. The van der Waals surface area contributed by atoms with Crippen LogP contribution in [0.4, 0.5) is 0 Å². The van der Waals surface area contributed by atoms with Gasteiger partial charge in [0.2, 0.25) is 0 Å². The first kappa shape index (κ1) is 16.2. The van der Waals surface area contributed by atoms with Gasteiger partial charge >= 0.3 is 0 Å². The normalized spacial score (nSPS) is 10.0. The lowest BCUT2D eigenvalue weighted by Crippen LogP contribution is -3.00. The Bertz CT molecular complexity index is 723. The van der Waals surface area contributed by atoms with E-state index in [1.807, 2.05) is 71.7 Å². The monoisotopic (exact) mass is 356 g/mol. The van der Waals surface area contributed by atoms with Crippen LogP contribution in [0.2, 0.25) is 0 Å². The van der Waals surface area contributed by atoms with E-state index in [0.29, 0.717) is 6.54 Å². The lowest BCUT2D eigenvalue weighted by molar-refractivity contribution is -0.766. The predicted octanol–water partition coefficient (Wildman–Crippen LogP) is -0.289. The summed E-state index contributed by atoms with van der Waals surface area (Å²) in [6.45, 7) is 1.11. The van der Waals surface area contributed by atoms with E-state index in [0.717, 1.165) is 12.1 Å². The molecule has 0 spiro atoms. The van der Waals surface area contributed by atoms with Gasteiger partial charge in [0.25, 0.3) is 0 Å². The summed E-state index contributed by atoms with van der Waals surface area (Å²) in [5.74, 6) is 0.119. The third kappa shape index (κ3) is 3.92. The lowest BCUT2D eigenvalue weighted by atomic mass is 10.1. The highest BCUT2D eigenvalue weighted by molar-refractivity contribution is 5.95. The Morgan fingerprint density at radius 3 is 2.23 bits per heavy atom. The molecule has 112 valence electrons. The first-order chi connectivity index (χ1) is 10.3. The number of carbonyl (C=O) groups is 1. The van der Waals surface area contributed by atoms with E-state index < -0.39 is 0 Å². The summed E-state index contributed by atoms with van der Waals surface area (Å²) in [6.07, 6.45) is 3.93. The summed E-state index contributed by atoms with van der Waals surface area (Å²) in [4.78, 5) is 12.3. The summed E-state index contributed by atoms with van der Waals surface area (Å²) in [7, 11) is 0. The van der Waals surface area contributed by atoms with Crippen LogP contribution >= 0.6 is 0 Å². The average Bonchev–Trinajstić information content (AvgIpc) is 2.96. The SMILES string of the molecule is O=C(Cn1ccc[n+]1Cc1ccccc1)c1ccccc1.[Br-]. The number of ketones is 1. The minimum Gasteiger partial charge on any atom is -1.00 e. The number of aromatic nitrogens is 2. The molecule has 0 bridgehead atoms. The van der Waals surface area contributed by atoms with Gasteiger partial charge in [0.05, 0.1) is 6.20 Å². The van der Waals surface area contributed by atoms with E-state index in [1.54, 1.807) is 0 Å². The smallest absolute Gasteiger partial charge is 0.197 e. The van der Waals surface area contributed by atoms with E-state index >= 15 is 0 Å². The maximum Gasteiger partial charge on any atom is 0.197 e. The van der Waals surface area contributed by atoms with Crippen LogP contribution in [0.25, 0.3) is 0 Å². The molecular formula is C18H17BrN2O. The molecule has 0 fully saturated rings. The molecule has 0 saturated heterocycles. The van der Waals surface area contributed by atoms with Crippen LogP contribution in [-0.4, -0.2) is 10.5 Å². The Morgan fingerprint density at radius 1 is 0.909 bits per heavy atom. The van der Waals surface area contributed by atoms with Crippen molar-refractivity contribution in [1.29, 1.82) is 0 Å². The molecule has 0 unspecified atom stereocenters. The Kier molecular flexibility index (Phi) is 5.67. The Balaban J connectivity index is 0.00000176. The van der Waals surface area contributed by atoms with Crippen molar-refractivity contribution >= 4 is 5.78 Å². The standard InChI is InChI=1S/C18H17N2O.BrH/c21-18(17-10-5-2-6-11-17)15-20-13-7-12-19(20)14-16-8-3-1-4-9-16;/h1-13H,14-15H2;1H/q+1;/p-1. The molecule has 3 aromatic rings. The zero-order valence-corrected chi connectivity index (χ0v) is 13.7. The summed E-state index contributed by atoms with van der Waals surface area (Å²) in [6, 6.07) is 21.6. The minimum absolute atomic E-state index is 0. The molecule has 0 aliphatic carbocycles. The lowest BCUT2D eigenvalue weighted by Gasteiger charge is -2.03. The number of rotatable bonds is 5. The maximum atomic E-state index is 12.3. The number of benzene rings is 2. The molecule has 1 aromatic heterocycles. The molecule has 0 aliphatic heterocycles. The van der Waals surface area contributed by atoms with Crippen molar-refractivity contribution < 1.29 is 26.5 Å². The first-order valence-corrected chi connectivity index (χ1v) is 7.00. The second-order valence-corrected chi connectivity index (χ2v) is 4.96. The van der Waals surface area contributed by atoms with Crippen LogP contribution in [0.15, 0.2) is 79.1 Å². The predicted molar refractivity (Wildman–Crippen MR) is 80.9 cm³/mol. The van der Waals surface area contributed by atoms with Crippen LogP contribution in [0.1, 0.15) is 15.9 Å². The van der Waals surface area contributed by atoms with Gasteiger partial charge in [-0.25, -0.2) is 0 Å². The Labute approximate surface area is 140 Å². The number of hydrogen-bond acceptors (Lipinski definition) is 1. The third-order valence-electron chi connectivity index (χ3n) is 3.44. The molecule has 0 radical (unpaired) electrons. The summed E-state index contributed by atoms with van der Waals surface area (Å²) < 4.78 is 4.00. The Morgan fingerprint density at radius 2 is 1.55 bits per heavy atom. The molecule has 0 N–H and O–H groups in total. The zero-order chi connectivity index (χ0) is 14.5. The van der Waals surface area contributed by atoms with Crippen molar-refractivity contribution in [3.63, 3.8) is 0 Å². The van der Waals surface area contributed by atoms with Crippen LogP contribution < -0.4 is 21.7 Å². The maximum absolute atomic E-state index is 12.3. The molecule has 3 rings (SSSR count). The van der Waals surface area contributed by atoms with E-state index in [-0.39, 0.29) is 22.8 Å². The highest BCUT2D eigenvalue weighted by atomic mass is 79.9. The molecule has 0 saturated carbocycles. The number of carbonyl (C=O) groups excluding carboxylic acids is 1. The van der Waals surface area contributed by atoms with Crippen LogP contribution in [0.3, 0.4) is 0 Å². The Hall–Kier alpha value is -2.20. The highest BCUT2D eigenvalue weighted by Crippen LogP contribution is 2.02. The van der Waals surface area contributed by atoms with Gasteiger partial charge in [0.15, 0.2) is 18.5 Å². The molecule has 0 atom stereocenters. The number of halogens is 1. The van der Waals surface area contributed by atoms with Crippen molar-refractivity contribution in [1.82, 2.24) is 4.68 Å². The number of hydrogen-bond donors (Lipinski definition) is 0. The average molecular weight is 357 g/mol. The van der Waals surface area contributed by atoms with Crippen LogP contribution in [0.5, 0.6) is 0 Å². The fraction of sp³-hybridized carbons (Fsp3) is 0.111. The summed E-state index contributed by atoms with van der Waals surface area (Å²) in [5.41, 5.74) is 1.96. The van der Waals surface area contributed by atoms with Gasteiger partial charge in [0, 0.05) is 17.2 Å². The van der Waals surface area contributed by atoms with Gasteiger partial charge in [0.1, 0.15) is 6.54 Å². The number of Topliss-reactive ketones (excluding diaryl/α,β-unsaturated/α-hetero) is 1. The van der Waals surface area contributed by atoms with Gasteiger partial charge in [-0.2, -0.15) is 4.68 Å². The largest absolute Gasteiger partial charge is 1.00 e. The summed E-state index contributed by atoms with van der Waals surface area (Å²) >= 11 is 0. The van der Waals surface area contributed by atoms with Gasteiger partial charge in [-0.3, -0.25) is 4.79 Å². The van der Waals surface area contributed by atoms with E-state index in [2.05, 4.69) is 16.8 Å². The second kappa shape index (κ2) is 7.71. The van der Waals surface area contributed by atoms with E-state index in [4.69, 9.17) is 0 Å². The quantitative estimate of drug-likeness (QED) is 0.455. The molecule has 0 amide bonds. The first-order valence-electron chi connectivity index (χ1n) is 7.00. The van der Waals surface area contributed by atoms with Gasteiger partial charge < -0.3 is 17.0 Å². The minimum atomic E-state index is 0. The highest BCUT2D eigenvalue weighted by Gasteiger charge is 2.13. The number of nitrogens with zero attached hydrogens (tertiary/aromatic N) is 2. The van der Waals surface area contributed by atoms with Crippen LogP contribution in [0, 0.1) is 0 Å². The van der Waals surface area contributed by atoms with Crippen molar-refractivity contribution in [2.24, 2.45) is 0 Å². The van der Waals surface area contributed by atoms with Gasteiger partial charge in [-0.15, -0.1) is 4.68 Å². The van der Waals surface area contributed by atoms with Gasteiger partial charge in [-0.1, -0.05) is 60.7 Å². The molecule has 1 heterocycles. The zero-order valence-electron chi connectivity index (χ0n) is 12.1. The second-order valence-electron chi connectivity index (χ2n) is 4.96. The molecular weight excluding hydrogens is 340 g/mol. The molecule has 22 heavy (non-hydrogen) atoms. The van der Waals surface area contributed by atoms with Crippen molar-refractivity contribution in [2.45, 2.75) is 13.1 Å². The van der Waals surface area contributed by atoms with E-state index in [1.165, 1.54) is 5.56 Å². The third-order valence-corrected chi connectivity index (χ3v) is 3.44. The molecule has 2 aromatic carbocycles. The van der Waals surface area contributed by atoms with Crippen molar-refractivity contribution in [2.75, 3.05) is 0 Å². The van der Waals surface area contributed by atoms with Gasteiger partial charge in [-0.05, 0) is 0 Å². The van der Waals surface area contributed by atoms with Crippen LogP contribution in [-0.2, 0) is 13.1 Å². The fourth-order valence-corrected chi connectivity index (χ4v) is 2.33. The topological polar surface area (TPSA) is 25.9 Å². The molecule has 0 aliphatic rings. The van der Waals surface area contributed by atoms with Crippen molar-refractivity contribution in [3.05, 3.63) is 90.3 Å². The molecule has 3 nitrogen and oxygen atoms in total. The van der Waals surface area contributed by atoms with E-state index in [9.17, 15) is 4.79 Å². The fourth-order valence-electron chi connectivity index (χ4n) is 2.33. The summed E-state index contributed by atoms with van der Waals surface area (Å²) in [5, 5.41) is 0. The van der Waals surface area contributed by atoms with Crippen molar-refractivity contribution in [3.8, 4) is 0 Å².